The maximum Gasteiger partial charge on any atom is 0.0337 e. The standard InChI is InChI=1S/C17H15N/c1-18-17-10-8-14(9-11-17)16-7-6-13-4-2-3-5-15(13)12-16/h2-12,18H,1H3. The highest BCUT2D eigenvalue weighted by molar-refractivity contribution is 5.87. The highest BCUT2D eigenvalue weighted by Crippen LogP contribution is 2.25. The Kier molecular flexibility index (Phi) is 2.73. The lowest BCUT2D eigenvalue weighted by molar-refractivity contribution is 1.51. The highest BCUT2D eigenvalue weighted by Gasteiger charge is 1.99. The Morgan fingerprint density at radius 2 is 1.33 bits per heavy atom. The van der Waals surface area contributed by atoms with Gasteiger partial charge < -0.3 is 5.32 Å². The molecule has 0 saturated carbocycles. The van der Waals surface area contributed by atoms with Crippen molar-refractivity contribution in [3.05, 3.63) is 66.7 Å². The van der Waals surface area contributed by atoms with Gasteiger partial charge in [0.1, 0.15) is 0 Å². The molecule has 18 heavy (non-hydrogen) atoms. The summed E-state index contributed by atoms with van der Waals surface area (Å²) in [6.45, 7) is 0. The van der Waals surface area contributed by atoms with Gasteiger partial charge in [-0.25, -0.2) is 0 Å². The molecule has 0 bridgehead atoms. The zero-order valence-electron chi connectivity index (χ0n) is 10.4. The van der Waals surface area contributed by atoms with Crippen molar-refractivity contribution >= 4 is 16.5 Å². The van der Waals surface area contributed by atoms with Gasteiger partial charge in [0.25, 0.3) is 0 Å². The van der Waals surface area contributed by atoms with Gasteiger partial charge in [0, 0.05) is 12.7 Å². The molecule has 0 aliphatic heterocycles. The van der Waals surface area contributed by atoms with Crippen LogP contribution in [0.3, 0.4) is 0 Å². The first-order chi connectivity index (χ1) is 8.86. The van der Waals surface area contributed by atoms with Gasteiger partial charge in [-0.05, 0) is 40.1 Å². The van der Waals surface area contributed by atoms with Crippen molar-refractivity contribution in [2.24, 2.45) is 0 Å². The van der Waals surface area contributed by atoms with Crippen molar-refractivity contribution in [1.29, 1.82) is 0 Å². The van der Waals surface area contributed by atoms with E-state index in [0.717, 1.165) is 5.69 Å². The van der Waals surface area contributed by atoms with Crippen LogP contribution in [0, 0.1) is 0 Å². The maximum absolute atomic E-state index is 3.14. The van der Waals surface area contributed by atoms with Crippen LogP contribution in [0.5, 0.6) is 0 Å². The average molecular weight is 233 g/mol. The normalized spacial score (nSPS) is 10.5. The molecular formula is C17H15N. The largest absolute Gasteiger partial charge is 0.388 e. The Balaban J connectivity index is 2.07. The third-order valence-corrected chi connectivity index (χ3v) is 3.26. The first-order valence-electron chi connectivity index (χ1n) is 6.14. The molecule has 3 rings (SSSR count). The first kappa shape index (κ1) is 10.8. The van der Waals surface area contributed by atoms with Crippen LogP contribution < -0.4 is 5.32 Å². The van der Waals surface area contributed by atoms with Gasteiger partial charge in [0.15, 0.2) is 0 Å². The molecule has 0 heterocycles. The molecule has 1 N–H and O–H groups in total. The van der Waals surface area contributed by atoms with Crippen LogP contribution in [0.1, 0.15) is 0 Å². The van der Waals surface area contributed by atoms with Crippen molar-refractivity contribution in [1.82, 2.24) is 0 Å². The molecule has 0 radical (unpaired) electrons. The molecule has 3 aromatic rings. The number of nitrogens with one attached hydrogen (secondary N) is 1. The minimum atomic E-state index is 1.14. The van der Waals surface area contributed by atoms with E-state index >= 15 is 0 Å². The van der Waals surface area contributed by atoms with Gasteiger partial charge >= 0.3 is 0 Å². The molecular weight excluding hydrogens is 218 g/mol. The molecule has 0 atom stereocenters. The molecule has 1 nitrogen and oxygen atoms in total. The van der Waals surface area contributed by atoms with Gasteiger partial charge in [-0.1, -0.05) is 48.5 Å². The van der Waals surface area contributed by atoms with Gasteiger partial charge in [-0.3, -0.25) is 0 Å². The minimum absolute atomic E-state index is 1.14. The summed E-state index contributed by atoms with van der Waals surface area (Å²) in [7, 11) is 1.94. The Bertz CT molecular complexity index is 669. The highest BCUT2D eigenvalue weighted by atomic mass is 14.8. The van der Waals surface area contributed by atoms with E-state index in [2.05, 4.69) is 72.0 Å². The lowest BCUT2D eigenvalue weighted by atomic mass is 10.0. The second kappa shape index (κ2) is 4.53. The Hall–Kier alpha value is -2.28. The summed E-state index contributed by atoms with van der Waals surface area (Å²) in [5, 5.41) is 5.71. The second-order valence-corrected chi connectivity index (χ2v) is 4.39. The average Bonchev–Trinajstić information content (AvgIpc) is 2.47. The van der Waals surface area contributed by atoms with E-state index in [-0.39, 0.29) is 0 Å². The lowest BCUT2D eigenvalue weighted by Crippen LogP contribution is -1.86. The molecule has 0 spiro atoms. The predicted molar refractivity (Wildman–Crippen MR) is 78.9 cm³/mol. The van der Waals surface area contributed by atoms with Crippen LogP contribution in [0.15, 0.2) is 66.7 Å². The smallest absolute Gasteiger partial charge is 0.0337 e. The molecule has 0 fully saturated rings. The molecule has 0 amide bonds. The summed E-state index contributed by atoms with van der Waals surface area (Å²) < 4.78 is 0. The zero-order valence-corrected chi connectivity index (χ0v) is 10.4. The Morgan fingerprint density at radius 3 is 2.06 bits per heavy atom. The summed E-state index contributed by atoms with van der Waals surface area (Å²) in [6.07, 6.45) is 0. The van der Waals surface area contributed by atoms with Crippen molar-refractivity contribution in [3.63, 3.8) is 0 Å². The summed E-state index contributed by atoms with van der Waals surface area (Å²) in [4.78, 5) is 0. The SMILES string of the molecule is CNc1ccc(-c2ccc3ccccc3c2)cc1. The third-order valence-electron chi connectivity index (χ3n) is 3.26. The van der Waals surface area contributed by atoms with Crippen LogP contribution in [0.4, 0.5) is 5.69 Å². The third kappa shape index (κ3) is 1.95. The minimum Gasteiger partial charge on any atom is -0.388 e. The van der Waals surface area contributed by atoms with Gasteiger partial charge in [-0.15, -0.1) is 0 Å². The second-order valence-electron chi connectivity index (χ2n) is 4.39. The van der Waals surface area contributed by atoms with E-state index in [1.165, 1.54) is 21.9 Å². The number of hydrogen-bond acceptors (Lipinski definition) is 1. The number of anilines is 1. The van der Waals surface area contributed by atoms with Crippen molar-refractivity contribution in [2.75, 3.05) is 12.4 Å². The first-order valence-corrected chi connectivity index (χ1v) is 6.14. The van der Waals surface area contributed by atoms with Crippen LogP contribution in [-0.4, -0.2) is 7.05 Å². The maximum atomic E-state index is 3.14. The van der Waals surface area contributed by atoms with Crippen LogP contribution in [-0.2, 0) is 0 Å². The summed E-state index contributed by atoms with van der Waals surface area (Å²) in [5.41, 5.74) is 3.65. The summed E-state index contributed by atoms with van der Waals surface area (Å²) in [5.74, 6) is 0. The predicted octanol–water partition coefficient (Wildman–Crippen LogP) is 4.55. The number of fused-ring (bicyclic) bond motifs is 1. The monoisotopic (exact) mass is 233 g/mol. The molecule has 0 aliphatic rings. The number of benzene rings is 3. The number of rotatable bonds is 2. The number of hydrogen-bond donors (Lipinski definition) is 1. The fourth-order valence-corrected chi connectivity index (χ4v) is 2.20. The topological polar surface area (TPSA) is 12.0 Å². The fraction of sp³-hybridized carbons (Fsp3) is 0.0588. The van der Waals surface area contributed by atoms with E-state index in [1.807, 2.05) is 7.05 Å². The molecule has 0 aromatic heterocycles. The summed E-state index contributed by atoms with van der Waals surface area (Å²) in [6, 6.07) is 23.5. The zero-order chi connectivity index (χ0) is 12.4. The van der Waals surface area contributed by atoms with Crippen LogP contribution >= 0.6 is 0 Å². The Morgan fingerprint density at radius 1 is 0.667 bits per heavy atom. The summed E-state index contributed by atoms with van der Waals surface area (Å²) >= 11 is 0. The van der Waals surface area contributed by atoms with E-state index in [4.69, 9.17) is 0 Å². The quantitative estimate of drug-likeness (QED) is 0.684. The van der Waals surface area contributed by atoms with Gasteiger partial charge in [0.2, 0.25) is 0 Å². The lowest BCUT2D eigenvalue weighted by Gasteiger charge is -2.05. The van der Waals surface area contributed by atoms with E-state index in [1.54, 1.807) is 0 Å². The van der Waals surface area contributed by atoms with E-state index < -0.39 is 0 Å². The van der Waals surface area contributed by atoms with Crippen molar-refractivity contribution in [2.45, 2.75) is 0 Å². The van der Waals surface area contributed by atoms with Crippen LogP contribution in [0.2, 0.25) is 0 Å². The van der Waals surface area contributed by atoms with Gasteiger partial charge in [0.05, 0.1) is 0 Å². The van der Waals surface area contributed by atoms with E-state index in [9.17, 15) is 0 Å². The van der Waals surface area contributed by atoms with E-state index in [0.29, 0.717) is 0 Å². The molecule has 1 heteroatoms. The molecule has 0 aliphatic carbocycles. The van der Waals surface area contributed by atoms with Crippen molar-refractivity contribution in [3.8, 4) is 11.1 Å². The van der Waals surface area contributed by atoms with Gasteiger partial charge in [-0.2, -0.15) is 0 Å². The molecule has 3 aromatic carbocycles. The van der Waals surface area contributed by atoms with Crippen molar-refractivity contribution < 1.29 is 0 Å². The molecule has 88 valence electrons. The Labute approximate surface area is 107 Å². The molecule has 0 unspecified atom stereocenters. The molecule has 0 saturated heterocycles. The fourth-order valence-electron chi connectivity index (χ4n) is 2.20. The van der Waals surface area contributed by atoms with Crippen LogP contribution in [0.25, 0.3) is 21.9 Å².